The topological polar surface area (TPSA) is 29.3 Å². The Balaban J connectivity index is 2.55. The van der Waals surface area contributed by atoms with Gasteiger partial charge in [-0.3, -0.25) is 0 Å². The minimum Gasteiger partial charge on any atom is -0.324 e. The van der Waals surface area contributed by atoms with Gasteiger partial charge >= 0.3 is 0 Å². The standard InChI is InChI=1S/C17H29BrN2/c1-4-6-12-20(14(3)5-2)13-11-17(19)15-9-7-8-10-16(15)18/h7-10,14,17H,4-6,11-13,19H2,1-3H3. The fourth-order valence-electron chi connectivity index (χ4n) is 2.41. The molecule has 20 heavy (non-hydrogen) atoms. The summed E-state index contributed by atoms with van der Waals surface area (Å²) >= 11 is 3.59. The molecule has 0 aliphatic carbocycles. The van der Waals surface area contributed by atoms with Crippen molar-refractivity contribution in [1.82, 2.24) is 4.90 Å². The SMILES string of the molecule is CCCCN(CCC(N)c1ccccc1Br)C(C)CC. The maximum atomic E-state index is 6.36. The molecule has 0 aliphatic heterocycles. The highest BCUT2D eigenvalue weighted by Gasteiger charge is 2.15. The van der Waals surface area contributed by atoms with Crippen LogP contribution in [0, 0.1) is 0 Å². The number of hydrogen-bond acceptors (Lipinski definition) is 2. The first-order valence-corrected chi connectivity index (χ1v) is 8.63. The Hall–Kier alpha value is -0.380. The lowest BCUT2D eigenvalue weighted by Crippen LogP contribution is -2.35. The highest BCUT2D eigenvalue weighted by Crippen LogP contribution is 2.24. The molecule has 0 amide bonds. The fourth-order valence-corrected chi connectivity index (χ4v) is 2.99. The van der Waals surface area contributed by atoms with Crippen molar-refractivity contribution in [3.63, 3.8) is 0 Å². The van der Waals surface area contributed by atoms with Crippen LogP contribution in [-0.4, -0.2) is 24.0 Å². The van der Waals surface area contributed by atoms with E-state index in [1.165, 1.54) is 31.4 Å². The zero-order valence-electron chi connectivity index (χ0n) is 13.1. The highest BCUT2D eigenvalue weighted by molar-refractivity contribution is 9.10. The molecule has 3 heteroatoms. The molecule has 2 unspecified atom stereocenters. The molecule has 1 aromatic rings. The lowest BCUT2D eigenvalue weighted by atomic mass is 10.0. The van der Waals surface area contributed by atoms with Crippen molar-refractivity contribution >= 4 is 15.9 Å². The number of halogens is 1. The van der Waals surface area contributed by atoms with E-state index in [1.807, 2.05) is 6.07 Å². The second-order valence-corrected chi connectivity index (χ2v) is 6.42. The third-order valence-electron chi connectivity index (χ3n) is 4.05. The molecule has 1 aromatic carbocycles. The molecular weight excluding hydrogens is 312 g/mol. The summed E-state index contributed by atoms with van der Waals surface area (Å²) in [6, 6.07) is 9.04. The first-order valence-electron chi connectivity index (χ1n) is 7.84. The van der Waals surface area contributed by atoms with Gasteiger partial charge in [-0.1, -0.05) is 54.4 Å². The van der Waals surface area contributed by atoms with E-state index in [-0.39, 0.29) is 6.04 Å². The summed E-state index contributed by atoms with van der Waals surface area (Å²) in [5.74, 6) is 0. The number of nitrogens with zero attached hydrogens (tertiary/aromatic N) is 1. The Morgan fingerprint density at radius 1 is 1.20 bits per heavy atom. The Morgan fingerprint density at radius 2 is 1.90 bits per heavy atom. The Bertz CT molecular complexity index is 381. The molecule has 0 heterocycles. The molecule has 0 bridgehead atoms. The van der Waals surface area contributed by atoms with Crippen LogP contribution >= 0.6 is 15.9 Å². The molecule has 0 saturated carbocycles. The predicted molar refractivity (Wildman–Crippen MR) is 91.9 cm³/mol. The van der Waals surface area contributed by atoms with Gasteiger partial charge in [0, 0.05) is 23.1 Å². The summed E-state index contributed by atoms with van der Waals surface area (Å²) in [6.45, 7) is 9.10. The van der Waals surface area contributed by atoms with Crippen LogP contribution in [0.3, 0.4) is 0 Å². The fraction of sp³-hybridized carbons (Fsp3) is 0.647. The number of hydrogen-bond donors (Lipinski definition) is 1. The molecule has 2 nitrogen and oxygen atoms in total. The molecule has 0 aliphatic rings. The zero-order valence-corrected chi connectivity index (χ0v) is 14.7. The van der Waals surface area contributed by atoms with Crippen LogP contribution in [0.15, 0.2) is 28.7 Å². The summed E-state index contributed by atoms with van der Waals surface area (Å²) in [5.41, 5.74) is 7.57. The monoisotopic (exact) mass is 340 g/mol. The summed E-state index contributed by atoms with van der Waals surface area (Å²) < 4.78 is 1.12. The molecule has 0 saturated heterocycles. The van der Waals surface area contributed by atoms with Gasteiger partial charge < -0.3 is 10.6 Å². The van der Waals surface area contributed by atoms with E-state index in [4.69, 9.17) is 5.73 Å². The Labute approximate surface area is 132 Å². The molecule has 2 N–H and O–H groups in total. The minimum atomic E-state index is 0.110. The van der Waals surface area contributed by atoms with Gasteiger partial charge in [-0.25, -0.2) is 0 Å². The molecule has 2 atom stereocenters. The van der Waals surface area contributed by atoms with Crippen molar-refractivity contribution in [2.75, 3.05) is 13.1 Å². The van der Waals surface area contributed by atoms with Crippen LogP contribution in [0.2, 0.25) is 0 Å². The van der Waals surface area contributed by atoms with Crippen LogP contribution < -0.4 is 5.73 Å². The molecule has 0 fully saturated rings. The van der Waals surface area contributed by atoms with Crippen molar-refractivity contribution in [2.45, 2.75) is 58.5 Å². The maximum absolute atomic E-state index is 6.36. The summed E-state index contributed by atoms with van der Waals surface area (Å²) in [7, 11) is 0. The second kappa shape index (κ2) is 9.54. The molecule has 0 radical (unpaired) electrons. The normalized spacial score (nSPS) is 14.5. The van der Waals surface area contributed by atoms with E-state index < -0.39 is 0 Å². The molecule has 114 valence electrons. The van der Waals surface area contributed by atoms with E-state index >= 15 is 0 Å². The number of benzene rings is 1. The quantitative estimate of drug-likeness (QED) is 0.703. The average molecular weight is 341 g/mol. The van der Waals surface area contributed by atoms with Gasteiger partial charge in [0.1, 0.15) is 0 Å². The van der Waals surface area contributed by atoms with E-state index in [0.717, 1.165) is 17.4 Å². The molecule has 0 spiro atoms. The molecule has 1 rings (SSSR count). The van der Waals surface area contributed by atoms with Crippen LogP contribution in [0.5, 0.6) is 0 Å². The predicted octanol–water partition coefficient (Wildman–Crippen LogP) is 4.74. The van der Waals surface area contributed by atoms with Crippen LogP contribution in [0.4, 0.5) is 0 Å². The molecular formula is C17H29BrN2. The van der Waals surface area contributed by atoms with Crippen LogP contribution in [-0.2, 0) is 0 Å². The first-order chi connectivity index (χ1) is 9.60. The van der Waals surface area contributed by atoms with Gasteiger partial charge in [0.2, 0.25) is 0 Å². The first kappa shape index (κ1) is 17.7. The minimum absolute atomic E-state index is 0.110. The van der Waals surface area contributed by atoms with Crippen molar-refractivity contribution in [2.24, 2.45) is 5.73 Å². The zero-order chi connectivity index (χ0) is 15.0. The van der Waals surface area contributed by atoms with E-state index in [9.17, 15) is 0 Å². The number of unbranched alkanes of at least 4 members (excludes halogenated alkanes) is 1. The van der Waals surface area contributed by atoms with Gasteiger partial charge in [0.15, 0.2) is 0 Å². The summed E-state index contributed by atoms with van der Waals surface area (Å²) in [6.07, 6.45) is 4.74. The van der Waals surface area contributed by atoms with Crippen LogP contribution in [0.1, 0.15) is 58.1 Å². The average Bonchev–Trinajstić information content (AvgIpc) is 2.46. The highest BCUT2D eigenvalue weighted by atomic mass is 79.9. The van der Waals surface area contributed by atoms with Crippen molar-refractivity contribution in [1.29, 1.82) is 0 Å². The Kier molecular flexibility index (Phi) is 8.43. The Morgan fingerprint density at radius 3 is 2.50 bits per heavy atom. The largest absolute Gasteiger partial charge is 0.324 e. The van der Waals surface area contributed by atoms with Crippen LogP contribution in [0.25, 0.3) is 0 Å². The third-order valence-corrected chi connectivity index (χ3v) is 4.77. The van der Waals surface area contributed by atoms with Gasteiger partial charge in [0.05, 0.1) is 0 Å². The van der Waals surface area contributed by atoms with Crippen molar-refractivity contribution in [3.8, 4) is 0 Å². The summed E-state index contributed by atoms with van der Waals surface area (Å²) in [4.78, 5) is 2.58. The van der Waals surface area contributed by atoms with Gasteiger partial charge in [-0.15, -0.1) is 0 Å². The smallest absolute Gasteiger partial charge is 0.0318 e. The van der Waals surface area contributed by atoms with Gasteiger partial charge in [-0.05, 0) is 44.4 Å². The van der Waals surface area contributed by atoms with Gasteiger partial charge in [-0.2, -0.15) is 0 Å². The van der Waals surface area contributed by atoms with Gasteiger partial charge in [0.25, 0.3) is 0 Å². The van der Waals surface area contributed by atoms with Crippen molar-refractivity contribution < 1.29 is 0 Å². The lowest BCUT2D eigenvalue weighted by molar-refractivity contribution is 0.194. The molecule has 0 aromatic heterocycles. The third kappa shape index (κ3) is 5.55. The van der Waals surface area contributed by atoms with Crippen molar-refractivity contribution in [3.05, 3.63) is 34.3 Å². The summed E-state index contributed by atoms with van der Waals surface area (Å²) in [5, 5.41) is 0. The van der Waals surface area contributed by atoms with E-state index in [2.05, 4.69) is 59.8 Å². The number of rotatable bonds is 9. The van der Waals surface area contributed by atoms with E-state index in [1.54, 1.807) is 0 Å². The second-order valence-electron chi connectivity index (χ2n) is 5.56. The maximum Gasteiger partial charge on any atom is 0.0318 e. The van der Waals surface area contributed by atoms with E-state index in [0.29, 0.717) is 6.04 Å². The number of nitrogens with two attached hydrogens (primary N) is 1. The lowest BCUT2D eigenvalue weighted by Gasteiger charge is -2.29.